The Morgan fingerprint density at radius 1 is 0.641 bits per heavy atom. The van der Waals surface area contributed by atoms with Crippen LogP contribution in [-0.4, -0.2) is 4.40 Å². The van der Waals surface area contributed by atoms with E-state index in [1.165, 1.54) is 70.8 Å². The Balaban J connectivity index is 1.36. The van der Waals surface area contributed by atoms with Crippen molar-refractivity contribution < 1.29 is 0 Å². The zero-order valence-corrected chi connectivity index (χ0v) is 21.6. The van der Waals surface area contributed by atoms with Crippen LogP contribution in [0.3, 0.4) is 0 Å². The molecule has 184 valence electrons. The van der Waals surface area contributed by atoms with Crippen molar-refractivity contribution >= 4 is 55.7 Å². The Morgan fingerprint density at radius 3 is 2.18 bits per heavy atom. The molecule has 0 saturated carbocycles. The number of benzene rings is 4. The molecule has 1 heteroatoms. The second kappa shape index (κ2) is 7.94. The van der Waals surface area contributed by atoms with E-state index in [1.54, 1.807) is 0 Å². The lowest BCUT2D eigenvalue weighted by Crippen LogP contribution is -2.33. The molecule has 9 rings (SSSR count). The van der Waals surface area contributed by atoms with Crippen LogP contribution in [0, 0.1) is 11.8 Å². The lowest BCUT2D eigenvalue weighted by atomic mass is 9.84. The molecule has 39 heavy (non-hydrogen) atoms. The molecule has 0 spiro atoms. The van der Waals surface area contributed by atoms with E-state index < -0.39 is 0 Å². The van der Waals surface area contributed by atoms with Crippen LogP contribution < -0.4 is 10.6 Å². The summed E-state index contributed by atoms with van der Waals surface area (Å²) in [4.78, 5) is 0. The first kappa shape index (κ1) is 21.3. The third-order valence-electron chi connectivity index (χ3n) is 9.07. The first-order valence-electron chi connectivity index (χ1n) is 14.1. The van der Waals surface area contributed by atoms with Crippen molar-refractivity contribution in [3.05, 3.63) is 131 Å². The lowest BCUT2D eigenvalue weighted by molar-refractivity contribution is 0.721. The van der Waals surface area contributed by atoms with E-state index in [2.05, 4.69) is 132 Å². The molecule has 0 fully saturated rings. The molecule has 3 aliphatic carbocycles. The molecule has 0 saturated heterocycles. The molecule has 2 heterocycles. The van der Waals surface area contributed by atoms with Gasteiger partial charge in [-0.25, -0.2) is 0 Å². The number of allylic oxidation sites excluding steroid dienone is 8. The van der Waals surface area contributed by atoms with Gasteiger partial charge in [-0.15, -0.1) is 0 Å². The number of rotatable bonds is 2. The summed E-state index contributed by atoms with van der Waals surface area (Å²) in [6, 6.07) is 27.6. The van der Waals surface area contributed by atoms with Crippen molar-refractivity contribution in [1.82, 2.24) is 4.40 Å². The number of hydrogen-bond acceptors (Lipinski definition) is 0. The standard InChI is InChI=1S/C38H27N/c1-2-8-24(9-3-1)25-14-16-26(17-15-25)31-20-34-32-18-27-10-4-6-12-29(27)22-36(32)39-37-23-30-13-7-5-11-28(30)19-33(37)35(21-31)38(34)39/h1-2,4-8,10-23,27,29H,3,9H2. The summed E-state index contributed by atoms with van der Waals surface area (Å²) >= 11 is 0. The highest BCUT2D eigenvalue weighted by Crippen LogP contribution is 2.38. The third kappa shape index (κ3) is 3.08. The van der Waals surface area contributed by atoms with Gasteiger partial charge in [0.1, 0.15) is 0 Å². The van der Waals surface area contributed by atoms with Crippen molar-refractivity contribution in [2.75, 3.05) is 0 Å². The molecule has 4 aromatic carbocycles. The summed E-state index contributed by atoms with van der Waals surface area (Å²) in [5.41, 5.74) is 7.98. The number of fused-ring (bicyclic) bond motifs is 8. The highest BCUT2D eigenvalue weighted by molar-refractivity contribution is 6.18. The zero-order valence-electron chi connectivity index (χ0n) is 21.6. The molecule has 1 nitrogen and oxygen atoms in total. The second-order valence-corrected chi connectivity index (χ2v) is 11.3. The van der Waals surface area contributed by atoms with Gasteiger partial charge in [-0.3, -0.25) is 0 Å². The Morgan fingerprint density at radius 2 is 1.38 bits per heavy atom. The summed E-state index contributed by atoms with van der Waals surface area (Å²) in [6.45, 7) is 0. The van der Waals surface area contributed by atoms with Crippen molar-refractivity contribution in [1.29, 1.82) is 0 Å². The van der Waals surface area contributed by atoms with Crippen LogP contribution in [0.4, 0.5) is 0 Å². The maximum atomic E-state index is 2.54. The van der Waals surface area contributed by atoms with Gasteiger partial charge in [0.2, 0.25) is 0 Å². The first-order chi connectivity index (χ1) is 19.3. The van der Waals surface area contributed by atoms with Gasteiger partial charge < -0.3 is 4.40 Å². The Kier molecular flexibility index (Phi) is 4.34. The summed E-state index contributed by atoms with van der Waals surface area (Å²) in [6.07, 6.45) is 23.0. The van der Waals surface area contributed by atoms with Crippen LogP contribution in [0.5, 0.6) is 0 Å². The Bertz CT molecular complexity index is 2210. The number of nitrogens with zero attached hydrogens (tertiary/aromatic N) is 1. The molecule has 0 N–H and O–H groups in total. The van der Waals surface area contributed by atoms with Crippen molar-refractivity contribution in [2.45, 2.75) is 12.8 Å². The number of aromatic nitrogens is 1. The largest absolute Gasteiger partial charge is 0.308 e. The normalized spacial score (nSPS) is 19.8. The molecule has 0 bridgehead atoms. The summed E-state index contributed by atoms with van der Waals surface area (Å²) in [7, 11) is 0. The van der Waals surface area contributed by atoms with Gasteiger partial charge >= 0.3 is 0 Å². The van der Waals surface area contributed by atoms with Gasteiger partial charge in [0.15, 0.2) is 0 Å². The van der Waals surface area contributed by atoms with Gasteiger partial charge in [0.25, 0.3) is 0 Å². The van der Waals surface area contributed by atoms with Gasteiger partial charge in [0, 0.05) is 33.2 Å². The molecule has 0 radical (unpaired) electrons. The van der Waals surface area contributed by atoms with Gasteiger partial charge in [0.05, 0.1) is 16.4 Å². The van der Waals surface area contributed by atoms with E-state index in [0.29, 0.717) is 11.8 Å². The lowest BCUT2D eigenvalue weighted by Gasteiger charge is -2.20. The van der Waals surface area contributed by atoms with E-state index in [9.17, 15) is 0 Å². The fraction of sp³-hybridized carbons (Fsp3) is 0.105. The van der Waals surface area contributed by atoms with Gasteiger partial charge in [-0.05, 0) is 70.1 Å². The SMILES string of the molecule is C1=CCCC(c2ccc(-c3cc4c5c(n6c7cc8ccccc8cc7c(c3)c46)=CC3C=CC=CC3C=5)cc2)=C1. The molecule has 6 aromatic rings. The van der Waals surface area contributed by atoms with Crippen LogP contribution >= 0.6 is 0 Å². The van der Waals surface area contributed by atoms with E-state index in [0.717, 1.165) is 12.8 Å². The monoisotopic (exact) mass is 497 g/mol. The summed E-state index contributed by atoms with van der Waals surface area (Å²) in [5, 5.41) is 9.35. The third-order valence-corrected chi connectivity index (χ3v) is 9.07. The average molecular weight is 498 g/mol. The van der Waals surface area contributed by atoms with Crippen LogP contribution in [0.2, 0.25) is 0 Å². The van der Waals surface area contributed by atoms with E-state index in [-0.39, 0.29) is 0 Å². The fourth-order valence-corrected chi connectivity index (χ4v) is 7.12. The predicted octanol–water partition coefficient (Wildman–Crippen LogP) is 8.17. The van der Waals surface area contributed by atoms with E-state index in [4.69, 9.17) is 0 Å². The highest BCUT2D eigenvalue weighted by atomic mass is 14.9. The molecular weight excluding hydrogens is 470 g/mol. The van der Waals surface area contributed by atoms with Crippen molar-refractivity contribution in [2.24, 2.45) is 11.8 Å². The maximum Gasteiger partial charge on any atom is 0.0620 e. The second-order valence-electron chi connectivity index (χ2n) is 11.3. The number of hydrogen-bond donors (Lipinski definition) is 0. The average Bonchev–Trinajstić information content (AvgIpc) is 3.49. The highest BCUT2D eigenvalue weighted by Gasteiger charge is 2.24. The Labute approximate surface area is 227 Å². The quantitative estimate of drug-likeness (QED) is 0.227. The predicted molar refractivity (Wildman–Crippen MR) is 166 cm³/mol. The molecule has 2 atom stereocenters. The van der Waals surface area contributed by atoms with E-state index in [1.807, 2.05) is 0 Å². The van der Waals surface area contributed by atoms with Gasteiger partial charge in [-0.1, -0.05) is 103 Å². The van der Waals surface area contributed by atoms with Crippen LogP contribution in [0.1, 0.15) is 18.4 Å². The molecule has 3 aliphatic rings. The van der Waals surface area contributed by atoms with E-state index >= 15 is 0 Å². The summed E-state index contributed by atoms with van der Waals surface area (Å²) < 4.78 is 2.54. The first-order valence-corrected chi connectivity index (χ1v) is 14.1. The van der Waals surface area contributed by atoms with Crippen LogP contribution in [0.15, 0.2) is 115 Å². The van der Waals surface area contributed by atoms with Crippen molar-refractivity contribution in [3.8, 4) is 11.1 Å². The molecule has 2 unspecified atom stereocenters. The molecule has 0 aliphatic heterocycles. The minimum absolute atomic E-state index is 0.409. The minimum atomic E-state index is 0.409. The molecular formula is C38H27N. The Hall–Kier alpha value is -4.62. The smallest absolute Gasteiger partial charge is 0.0620 e. The maximum absolute atomic E-state index is 2.54. The zero-order chi connectivity index (χ0) is 25.5. The topological polar surface area (TPSA) is 4.41 Å². The molecule has 2 aromatic heterocycles. The van der Waals surface area contributed by atoms with Crippen molar-refractivity contribution in [3.63, 3.8) is 0 Å². The summed E-state index contributed by atoms with van der Waals surface area (Å²) in [5.74, 6) is 0.827. The van der Waals surface area contributed by atoms with Crippen LogP contribution in [-0.2, 0) is 0 Å². The van der Waals surface area contributed by atoms with Gasteiger partial charge in [-0.2, -0.15) is 0 Å². The minimum Gasteiger partial charge on any atom is -0.308 e. The van der Waals surface area contributed by atoms with Crippen LogP contribution in [0.25, 0.3) is 66.8 Å². The fourth-order valence-electron chi connectivity index (χ4n) is 7.12. The molecule has 0 amide bonds.